The Hall–Kier alpha value is -1.10. The Morgan fingerprint density at radius 1 is 1.22 bits per heavy atom. The van der Waals surface area contributed by atoms with Crippen LogP contribution >= 0.6 is 0 Å². The Labute approximate surface area is 109 Å². The second-order valence-electron chi connectivity index (χ2n) is 5.21. The normalized spacial score (nSPS) is 20.6. The molecule has 0 radical (unpaired) electrons. The highest BCUT2D eigenvalue weighted by Gasteiger charge is 2.38. The van der Waals surface area contributed by atoms with E-state index in [-0.39, 0.29) is 11.8 Å². The first-order valence-electron chi connectivity index (χ1n) is 6.78. The molecule has 0 heterocycles. The maximum absolute atomic E-state index is 12.4. The molecule has 0 spiro atoms. The topological polar surface area (TPSA) is 84.2 Å². The van der Waals surface area contributed by atoms with Gasteiger partial charge in [-0.1, -0.05) is 25.7 Å². The first-order valence-corrected chi connectivity index (χ1v) is 6.78. The molecule has 1 saturated carbocycles. The fourth-order valence-electron chi connectivity index (χ4n) is 2.56. The number of carbonyl (C=O) groups excluding carboxylic acids is 2. The van der Waals surface area contributed by atoms with Crippen molar-refractivity contribution >= 4 is 11.8 Å². The molecule has 1 atom stereocenters. The van der Waals surface area contributed by atoms with E-state index < -0.39 is 11.5 Å². The molecule has 104 valence electrons. The molecule has 1 aliphatic rings. The van der Waals surface area contributed by atoms with Crippen LogP contribution in [0.25, 0.3) is 0 Å². The molecule has 1 aliphatic carbocycles. The molecule has 2 amide bonds. The summed E-state index contributed by atoms with van der Waals surface area (Å²) >= 11 is 0. The lowest BCUT2D eigenvalue weighted by atomic mass is 9.79. The summed E-state index contributed by atoms with van der Waals surface area (Å²) in [6, 6.07) is -0.505. The molecule has 5 heteroatoms. The molecular weight excluding hydrogens is 230 g/mol. The van der Waals surface area contributed by atoms with Crippen LogP contribution in [-0.4, -0.2) is 31.4 Å². The second-order valence-corrected chi connectivity index (χ2v) is 5.21. The Balaban J connectivity index is 2.68. The van der Waals surface area contributed by atoms with Crippen molar-refractivity contribution in [3.05, 3.63) is 0 Å². The van der Waals surface area contributed by atoms with Crippen LogP contribution < -0.4 is 16.4 Å². The lowest BCUT2D eigenvalue weighted by Gasteiger charge is -2.31. The SMILES string of the molecule is CNC(=O)C(C)NC(=O)C1(CN)CCCCCC1. The molecule has 18 heavy (non-hydrogen) atoms. The summed E-state index contributed by atoms with van der Waals surface area (Å²) in [5.74, 6) is -0.243. The minimum Gasteiger partial charge on any atom is -0.357 e. The van der Waals surface area contributed by atoms with Crippen molar-refractivity contribution in [1.29, 1.82) is 0 Å². The monoisotopic (exact) mass is 255 g/mol. The van der Waals surface area contributed by atoms with Gasteiger partial charge in [-0.3, -0.25) is 9.59 Å². The van der Waals surface area contributed by atoms with Crippen LogP contribution in [-0.2, 0) is 9.59 Å². The Kier molecular flexibility index (Phi) is 5.59. The van der Waals surface area contributed by atoms with Gasteiger partial charge in [0.15, 0.2) is 0 Å². The van der Waals surface area contributed by atoms with E-state index in [4.69, 9.17) is 5.73 Å². The van der Waals surface area contributed by atoms with Crippen LogP contribution in [0, 0.1) is 5.41 Å². The second kappa shape index (κ2) is 6.73. The molecule has 0 aromatic heterocycles. The lowest BCUT2D eigenvalue weighted by molar-refractivity contribution is -0.135. The van der Waals surface area contributed by atoms with E-state index in [1.807, 2.05) is 0 Å². The van der Waals surface area contributed by atoms with Crippen molar-refractivity contribution < 1.29 is 9.59 Å². The highest BCUT2D eigenvalue weighted by Crippen LogP contribution is 2.34. The van der Waals surface area contributed by atoms with E-state index in [2.05, 4.69) is 10.6 Å². The largest absolute Gasteiger partial charge is 0.357 e. The van der Waals surface area contributed by atoms with Crippen molar-refractivity contribution in [1.82, 2.24) is 10.6 Å². The summed E-state index contributed by atoms with van der Waals surface area (Å²) in [7, 11) is 1.56. The summed E-state index contributed by atoms with van der Waals surface area (Å²) in [5, 5.41) is 5.32. The number of hydrogen-bond acceptors (Lipinski definition) is 3. The highest BCUT2D eigenvalue weighted by atomic mass is 16.2. The molecule has 0 aromatic carbocycles. The average molecular weight is 255 g/mol. The van der Waals surface area contributed by atoms with Crippen molar-refractivity contribution in [2.75, 3.05) is 13.6 Å². The third-order valence-corrected chi connectivity index (χ3v) is 3.92. The van der Waals surface area contributed by atoms with E-state index in [1.165, 1.54) is 12.8 Å². The van der Waals surface area contributed by atoms with Gasteiger partial charge >= 0.3 is 0 Å². The molecule has 0 aliphatic heterocycles. The summed E-state index contributed by atoms with van der Waals surface area (Å²) < 4.78 is 0. The number of hydrogen-bond donors (Lipinski definition) is 3. The van der Waals surface area contributed by atoms with Crippen LogP contribution in [0.1, 0.15) is 45.4 Å². The first-order chi connectivity index (χ1) is 8.55. The number of likely N-dealkylation sites (N-methyl/N-ethyl adjacent to an activating group) is 1. The van der Waals surface area contributed by atoms with Crippen LogP contribution in [0.5, 0.6) is 0 Å². The number of amides is 2. The van der Waals surface area contributed by atoms with Gasteiger partial charge in [-0.05, 0) is 19.8 Å². The minimum absolute atomic E-state index is 0.0667. The van der Waals surface area contributed by atoms with Gasteiger partial charge in [0.25, 0.3) is 0 Å². The first kappa shape index (κ1) is 15.0. The van der Waals surface area contributed by atoms with E-state index in [9.17, 15) is 9.59 Å². The Morgan fingerprint density at radius 3 is 2.22 bits per heavy atom. The molecule has 1 rings (SSSR count). The number of nitrogens with two attached hydrogens (primary N) is 1. The van der Waals surface area contributed by atoms with Gasteiger partial charge in [0, 0.05) is 13.6 Å². The van der Waals surface area contributed by atoms with Gasteiger partial charge in [-0.15, -0.1) is 0 Å². The van der Waals surface area contributed by atoms with Gasteiger partial charge < -0.3 is 16.4 Å². The van der Waals surface area contributed by atoms with Crippen molar-refractivity contribution in [3.63, 3.8) is 0 Å². The minimum atomic E-state index is -0.505. The average Bonchev–Trinajstić information content (AvgIpc) is 2.63. The third kappa shape index (κ3) is 3.45. The van der Waals surface area contributed by atoms with Gasteiger partial charge in [-0.2, -0.15) is 0 Å². The maximum atomic E-state index is 12.4. The number of rotatable bonds is 4. The Morgan fingerprint density at radius 2 is 1.78 bits per heavy atom. The van der Waals surface area contributed by atoms with E-state index in [0.717, 1.165) is 25.7 Å². The smallest absolute Gasteiger partial charge is 0.242 e. The molecular formula is C13H25N3O2. The fourth-order valence-corrected chi connectivity index (χ4v) is 2.56. The van der Waals surface area contributed by atoms with E-state index >= 15 is 0 Å². The van der Waals surface area contributed by atoms with Crippen LogP contribution in [0.2, 0.25) is 0 Å². The molecule has 5 nitrogen and oxygen atoms in total. The van der Waals surface area contributed by atoms with Crippen LogP contribution in [0.3, 0.4) is 0 Å². The van der Waals surface area contributed by atoms with E-state index in [1.54, 1.807) is 14.0 Å². The van der Waals surface area contributed by atoms with Crippen LogP contribution in [0.15, 0.2) is 0 Å². The molecule has 0 bridgehead atoms. The lowest BCUT2D eigenvalue weighted by Crippen LogP contribution is -2.52. The van der Waals surface area contributed by atoms with Gasteiger partial charge in [0.1, 0.15) is 6.04 Å². The summed E-state index contributed by atoms with van der Waals surface area (Å²) in [5.41, 5.74) is 5.36. The summed E-state index contributed by atoms with van der Waals surface area (Å²) in [6.45, 7) is 2.05. The van der Waals surface area contributed by atoms with Crippen molar-refractivity contribution in [3.8, 4) is 0 Å². The van der Waals surface area contributed by atoms with Crippen LogP contribution in [0.4, 0.5) is 0 Å². The van der Waals surface area contributed by atoms with Crippen molar-refractivity contribution in [2.45, 2.75) is 51.5 Å². The number of carbonyl (C=O) groups is 2. The predicted octanol–water partition coefficient (Wildman–Crippen LogP) is 0.536. The quantitative estimate of drug-likeness (QED) is 0.641. The molecule has 1 fully saturated rings. The van der Waals surface area contributed by atoms with Gasteiger partial charge in [-0.25, -0.2) is 0 Å². The van der Waals surface area contributed by atoms with Gasteiger partial charge in [0.2, 0.25) is 11.8 Å². The zero-order chi connectivity index (χ0) is 13.6. The third-order valence-electron chi connectivity index (χ3n) is 3.92. The zero-order valence-corrected chi connectivity index (χ0v) is 11.4. The fraction of sp³-hybridized carbons (Fsp3) is 0.846. The highest BCUT2D eigenvalue weighted by molar-refractivity contribution is 5.89. The molecule has 0 aromatic rings. The molecule has 4 N–H and O–H groups in total. The van der Waals surface area contributed by atoms with Crippen molar-refractivity contribution in [2.24, 2.45) is 11.1 Å². The predicted molar refractivity (Wildman–Crippen MR) is 70.9 cm³/mol. The molecule has 1 unspecified atom stereocenters. The van der Waals surface area contributed by atoms with E-state index in [0.29, 0.717) is 6.54 Å². The summed E-state index contributed by atoms with van der Waals surface area (Å²) in [6.07, 6.45) is 6.07. The molecule has 0 saturated heterocycles. The summed E-state index contributed by atoms with van der Waals surface area (Å²) in [4.78, 5) is 23.8. The zero-order valence-electron chi connectivity index (χ0n) is 11.4. The van der Waals surface area contributed by atoms with Gasteiger partial charge in [0.05, 0.1) is 5.41 Å². The standard InChI is InChI=1S/C13H25N3O2/c1-10(11(17)15-2)16-12(18)13(9-14)7-5-3-4-6-8-13/h10H,3-9,14H2,1-2H3,(H,15,17)(H,16,18). The Bertz CT molecular complexity index is 297. The maximum Gasteiger partial charge on any atom is 0.242 e. The number of nitrogens with one attached hydrogen (secondary N) is 2.